The molecule has 3 aromatic rings. The Hall–Kier alpha value is -2.15. The number of aliphatic imine (C=N–C) groups is 1. The fourth-order valence-electron chi connectivity index (χ4n) is 3.50. The van der Waals surface area contributed by atoms with Gasteiger partial charge in [-0.3, -0.25) is 4.99 Å². The molecule has 0 saturated carbocycles. The molecular weight excluding hydrogens is 470 g/mol. The number of nitrogens with zero attached hydrogens (tertiary/aromatic N) is 1. The predicted molar refractivity (Wildman–Crippen MR) is 96.4 cm³/mol. The van der Waals surface area contributed by atoms with E-state index in [1.54, 1.807) is 0 Å². The molecular formula is C22H18IrN-. The van der Waals surface area contributed by atoms with Crippen LogP contribution in [0.4, 0.5) is 5.69 Å². The summed E-state index contributed by atoms with van der Waals surface area (Å²) in [6, 6.07) is 27.3. The van der Waals surface area contributed by atoms with Gasteiger partial charge in [0.25, 0.3) is 0 Å². The second kappa shape index (κ2) is 6.39. The number of para-hydroxylation sites is 1. The molecule has 0 N–H and O–H groups in total. The summed E-state index contributed by atoms with van der Waals surface area (Å²) in [5.41, 5.74) is 6.52. The first-order valence-corrected chi connectivity index (χ1v) is 7.87. The SMILES string of the molecule is [CH2-]c1ccccc1C1=Nc2ccccc2C1(C)c1ccccc1.[Ir]. The van der Waals surface area contributed by atoms with E-state index in [1.807, 2.05) is 18.2 Å². The van der Waals surface area contributed by atoms with Gasteiger partial charge in [0.15, 0.2) is 0 Å². The first-order valence-electron chi connectivity index (χ1n) is 7.87. The van der Waals surface area contributed by atoms with Crippen molar-refractivity contribution in [1.29, 1.82) is 0 Å². The van der Waals surface area contributed by atoms with E-state index < -0.39 is 0 Å². The third-order valence-corrected chi connectivity index (χ3v) is 4.77. The summed E-state index contributed by atoms with van der Waals surface area (Å²) in [7, 11) is 0. The third-order valence-electron chi connectivity index (χ3n) is 4.77. The van der Waals surface area contributed by atoms with Crippen molar-refractivity contribution in [3.8, 4) is 0 Å². The van der Waals surface area contributed by atoms with Gasteiger partial charge in [0.2, 0.25) is 0 Å². The molecule has 24 heavy (non-hydrogen) atoms. The Balaban J connectivity index is 0.00000169. The molecule has 3 aromatic carbocycles. The van der Waals surface area contributed by atoms with Gasteiger partial charge in [-0.15, -0.1) is 17.7 Å². The Labute approximate surface area is 156 Å². The Bertz CT molecular complexity index is 899. The first-order chi connectivity index (χ1) is 11.2. The van der Waals surface area contributed by atoms with Crippen molar-refractivity contribution >= 4 is 11.4 Å². The van der Waals surface area contributed by atoms with Gasteiger partial charge in [0.1, 0.15) is 0 Å². The van der Waals surface area contributed by atoms with Crippen molar-refractivity contribution in [2.75, 3.05) is 0 Å². The fraction of sp³-hybridized carbons (Fsp3) is 0.0909. The predicted octanol–water partition coefficient (Wildman–Crippen LogP) is 5.31. The van der Waals surface area contributed by atoms with Gasteiger partial charge in [0, 0.05) is 25.8 Å². The summed E-state index contributed by atoms with van der Waals surface area (Å²) in [6.45, 7) is 6.47. The van der Waals surface area contributed by atoms with Crippen LogP contribution in [0.3, 0.4) is 0 Å². The van der Waals surface area contributed by atoms with Crippen molar-refractivity contribution < 1.29 is 20.1 Å². The van der Waals surface area contributed by atoms with E-state index in [4.69, 9.17) is 4.99 Å². The van der Waals surface area contributed by atoms with Gasteiger partial charge >= 0.3 is 0 Å². The molecule has 1 radical (unpaired) electrons. The average molecular weight is 489 g/mol. The molecule has 121 valence electrons. The third kappa shape index (κ3) is 2.43. The molecule has 1 aliphatic rings. The van der Waals surface area contributed by atoms with Crippen LogP contribution in [0.2, 0.25) is 0 Å². The number of hydrogen-bond acceptors (Lipinski definition) is 1. The molecule has 0 fully saturated rings. The zero-order chi connectivity index (χ0) is 15.9. The molecule has 1 nitrogen and oxygen atoms in total. The molecule has 0 bridgehead atoms. The van der Waals surface area contributed by atoms with Crippen LogP contribution < -0.4 is 0 Å². The molecule has 0 spiro atoms. The van der Waals surface area contributed by atoms with E-state index in [0.29, 0.717) is 0 Å². The minimum Gasteiger partial charge on any atom is -0.264 e. The van der Waals surface area contributed by atoms with Gasteiger partial charge in [-0.1, -0.05) is 54.6 Å². The van der Waals surface area contributed by atoms with Crippen LogP contribution in [0, 0.1) is 6.92 Å². The maximum Gasteiger partial charge on any atom is 0.0665 e. The fourth-order valence-corrected chi connectivity index (χ4v) is 3.50. The van der Waals surface area contributed by atoms with Crippen LogP contribution >= 0.6 is 0 Å². The summed E-state index contributed by atoms with van der Waals surface area (Å²) in [4.78, 5) is 4.99. The Morgan fingerprint density at radius 2 is 1.42 bits per heavy atom. The van der Waals surface area contributed by atoms with Crippen LogP contribution in [-0.4, -0.2) is 5.71 Å². The summed E-state index contributed by atoms with van der Waals surface area (Å²) in [5, 5.41) is 0. The van der Waals surface area contributed by atoms with Crippen molar-refractivity contribution in [2.24, 2.45) is 4.99 Å². The van der Waals surface area contributed by atoms with Gasteiger partial charge in [0.05, 0.1) is 11.1 Å². The number of fused-ring (bicyclic) bond motifs is 1. The normalized spacial score (nSPS) is 18.5. The largest absolute Gasteiger partial charge is 0.264 e. The van der Waals surface area contributed by atoms with Crippen LogP contribution in [0.5, 0.6) is 0 Å². The molecule has 1 heterocycles. The molecule has 0 saturated heterocycles. The average Bonchev–Trinajstić information content (AvgIpc) is 2.91. The van der Waals surface area contributed by atoms with Crippen LogP contribution in [-0.2, 0) is 25.5 Å². The maximum atomic E-state index is 4.99. The van der Waals surface area contributed by atoms with Gasteiger partial charge in [-0.05, 0) is 24.1 Å². The molecule has 0 amide bonds. The number of hydrogen-bond donors (Lipinski definition) is 0. The van der Waals surface area contributed by atoms with E-state index in [2.05, 4.69) is 74.5 Å². The van der Waals surface area contributed by atoms with Gasteiger partial charge in [-0.25, -0.2) is 0 Å². The minimum atomic E-state index is -0.258. The number of rotatable bonds is 2. The summed E-state index contributed by atoms with van der Waals surface area (Å²) < 4.78 is 0. The molecule has 0 aliphatic carbocycles. The standard InChI is InChI=1S/C22H18N.Ir/c1-16-10-6-7-13-18(16)21-22(2,17-11-4-3-5-12-17)19-14-8-9-15-20(19)23-21;/h3-15H,1H2,2H3;/q-1;. The van der Waals surface area contributed by atoms with Crippen molar-refractivity contribution in [2.45, 2.75) is 12.3 Å². The molecule has 2 heteroatoms. The topological polar surface area (TPSA) is 12.4 Å². The Morgan fingerprint density at radius 1 is 0.792 bits per heavy atom. The zero-order valence-corrected chi connectivity index (χ0v) is 15.9. The monoisotopic (exact) mass is 489 g/mol. The smallest absolute Gasteiger partial charge is 0.0665 e. The minimum absolute atomic E-state index is 0. The van der Waals surface area contributed by atoms with E-state index in [0.717, 1.165) is 22.5 Å². The van der Waals surface area contributed by atoms with Gasteiger partial charge in [-0.2, -0.15) is 18.6 Å². The zero-order valence-electron chi connectivity index (χ0n) is 13.5. The maximum absolute atomic E-state index is 4.99. The Morgan fingerprint density at radius 3 is 2.17 bits per heavy atom. The van der Waals surface area contributed by atoms with Crippen LogP contribution in [0.25, 0.3) is 0 Å². The molecule has 0 aromatic heterocycles. The van der Waals surface area contributed by atoms with E-state index >= 15 is 0 Å². The summed E-state index contributed by atoms with van der Waals surface area (Å²) in [5.74, 6) is 0. The summed E-state index contributed by atoms with van der Waals surface area (Å²) in [6.07, 6.45) is 0. The summed E-state index contributed by atoms with van der Waals surface area (Å²) >= 11 is 0. The molecule has 1 unspecified atom stereocenters. The van der Waals surface area contributed by atoms with Crippen molar-refractivity contribution in [3.63, 3.8) is 0 Å². The second-order valence-electron chi connectivity index (χ2n) is 6.13. The van der Waals surface area contributed by atoms with E-state index in [1.165, 1.54) is 11.1 Å². The quantitative estimate of drug-likeness (QED) is 0.434. The van der Waals surface area contributed by atoms with Crippen molar-refractivity contribution in [3.05, 3.63) is 108 Å². The molecule has 4 rings (SSSR count). The Kier molecular flexibility index (Phi) is 4.45. The second-order valence-corrected chi connectivity index (χ2v) is 6.13. The van der Waals surface area contributed by atoms with Crippen molar-refractivity contribution in [1.82, 2.24) is 0 Å². The first kappa shape index (κ1) is 16.7. The van der Waals surface area contributed by atoms with E-state index in [-0.39, 0.29) is 25.5 Å². The van der Waals surface area contributed by atoms with Crippen LogP contribution in [0.15, 0.2) is 83.9 Å². The molecule has 1 aliphatic heterocycles. The van der Waals surface area contributed by atoms with E-state index in [9.17, 15) is 0 Å². The number of benzene rings is 3. The van der Waals surface area contributed by atoms with Crippen LogP contribution in [0.1, 0.15) is 29.2 Å². The molecule has 1 atom stereocenters. The van der Waals surface area contributed by atoms with Gasteiger partial charge < -0.3 is 0 Å².